The van der Waals surface area contributed by atoms with Gasteiger partial charge in [-0.3, -0.25) is 14.4 Å². The second-order valence-electron chi connectivity index (χ2n) is 4.09. The van der Waals surface area contributed by atoms with Crippen molar-refractivity contribution < 1.29 is 14.4 Å². The minimum Gasteiger partial charge on any atom is -0.357 e. The van der Waals surface area contributed by atoms with Crippen molar-refractivity contribution in [2.75, 3.05) is 20.1 Å². The van der Waals surface area contributed by atoms with Crippen LogP contribution in [0.1, 0.15) is 26.2 Å². The van der Waals surface area contributed by atoms with Crippen molar-refractivity contribution in [3.63, 3.8) is 0 Å². The van der Waals surface area contributed by atoms with Crippen LogP contribution >= 0.6 is 0 Å². The zero-order chi connectivity index (χ0) is 12.8. The topological polar surface area (TPSA) is 78.5 Å². The Bertz CT molecular complexity index is 317. The van der Waals surface area contributed by atoms with Crippen LogP contribution in [0.3, 0.4) is 0 Å². The fourth-order valence-electron chi connectivity index (χ4n) is 1.99. The van der Waals surface area contributed by atoms with Gasteiger partial charge in [0.1, 0.15) is 6.04 Å². The highest BCUT2D eigenvalue weighted by Crippen LogP contribution is 2.18. The van der Waals surface area contributed by atoms with E-state index in [1.807, 2.05) is 0 Å². The third-order valence-corrected chi connectivity index (χ3v) is 2.84. The van der Waals surface area contributed by atoms with Crippen LogP contribution in [0.2, 0.25) is 0 Å². The van der Waals surface area contributed by atoms with Crippen molar-refractivity contribution in [3.8, 4) is 0 Å². The van der Waals surface area contributed by atoms with Crippen molar-refractivity contribution in [1.29, 1.82) is 0 Å². The molecule has 17 heavy (non-hydrogen) atoms. The molecule has 0 spiro atoms. The van der Waals surface area contributed by atoms with Crippen LogP contribution < -0.4 is 10.6 Å². The number of likely N-dealkylation sites (tertiary alicyclic amines) is 1. The highest BCUT2D eigenvalue weighted by atomic mass is 16.2. The van der Waals surface area contributed by atoms with Crippen molar-refractivity contribution in [1.82, 2.24) is 15.5 Å². The summed E-state index contributed by atoms with van der Waals surface area (Å²) < 4.78 is 0. The first-order chi connectivity index (χ1) is 8.06. The summed E-state index contributed by atoms with van der Waals surface area (Å²) in [6.45, 7) is 2.36. The second kappa shape index (κ2) is 6.22. The lowest BCUT2D eigenvalue weighted by Gasteiger charge is -2.23. The molecule has 2 N–H and O–H groups in total. The number of nitrogens with one attached hydrogen (secondary N) is 2. The quantitative estimate of drug-likeness (QED) is 0.679. The molecular weight excluding hydrogens is 222 g/mol. The molecule has 1 saturated heterocycles. The predicted octanol–water partition coefficient (Wildman–Crippen LogP) is -0.750. The lowest BCUT2D eigenvalue weighted by Crippen LogP contribution is -2.45. The standard InChI is InChI=1S/C11H19N3O3/c1-8(15)13-6-5-10(16)14-7-3-4-9(14)11(17)12-2/h9H,3-7H2,1-2H3,(H,12,17)(H,13,15). The monoisotopic (exact) mass is 241 g/mol. The first kappa shape index (κ1) is 13.5. The lowest BCUT2D eigenvalue weighted by molar-refractivity contribution is -0.138. The maximum absolute atomic E-state index is 11.9. The summed E-state index contributed by atoms with van der Waals surface area (Å²) in [4.78, 5) is 35.7. The molecule has 1 aliphatic heterocycles. The predicted molar refractivity (Wildman–Crippen MR) is 62.1 cm³/mol. The number of likely N-dealkylation sites (N-methyl/N-ethyl adjacent to an activating group) is 1. The minimum absolute atomic E-state index is 0.0788. The smallest absolute Gasteiger partial charge is 0.242 e. The van der Waals surface area contributed by atoms with Gasteiger partial charge in [0.2, 0.25) is 17.7 Å². The van der Waals surface area contributed by atoms with Crippen LogP contribution in [0.15, 0.2) is 0 Å². The third kappa shape index (κ3) is 3.72. The van der Waals surface area contributed by atoms with Gasteiger partial charge in [0.25, 0.3) is 0 Å². The molecule has 0 aromatic carbocycles. The largest absolute Gasteiger partial charge is 0.357 e. The van der Waals surface area contributed by atoms with E-state index in [0.717, 1.165) is 6.42 Å². The SMILES string of the molecule is CNC(=O)C1CCCN1C(=O)CCNC(C)=O. The summed E-state index contributed by atoms with van der Waals surface area (Å²) in [7, 11) is 1.57. The molecule has 1 heterocycles. The molecule has 1 fully saturated rings. The molecule has 1 unspecified atom stereocenters. The van der Waals surface area contributed by atoms with Crippen molar-refractivity contribution in [3.05, 3.63) is 0 Å². The zero-order valence-corrected chi connectivity index (χ0v) is 10.3. The number of nitrogens with zero attached hydrogens (tertiary/aromatic N) is 1. The maximum Gasteiger partial charge on any atom is 0.242 e. The number of rotatable bonds is 4. The molecule has 0 aromatic heterocycles. The van der Waals surface area contributed by atoms with Crippen LogP contribution in [0.4, 0.5) is 0 Å². The van der Waals surface area contributed by atoms with Gasteiger partial charge in [-0.15, -0.1) is 0 Å². The Labute approximate surface area is 101 Å². The molecule has 0 aliphatic carbocycles. The summed E-state index contributed by atoms with van der Waals surface area (Å²) >= 11 is 0. The van der Waals surface area contributed by atoms with E-state index < -0.39 is 0 Å². The van der Waals surface area contributed by atoms with E-state index in [0.29, 0.717) is 19.5 Å². The summed E-state index contributed by atoms with van der Waals surface area (Å²) in [6.07, 6.45) is 1.81. The fourth-order valence-corrected chi connectivity index (χ4v) is 1.99. The molecule has 1 rings (SSSR count). The van der Waals surface area contributed by atoms with Gasteiger partial charge >= 0.3 is 0 Å². The molecule has 6 nitrogen and oxygen atoms in total. The molecule has 6 heteroatoms. The Kier molecular flexibility index (Phi) is 4.93. The molecule has 0 aromatic rings. The normalized spacial score (nSPS) is 18.9. The van der Waals surface area contributed by atoms with Crippen LogP contribution in [-0.4, -0.2) is 48.8 Å². The van der Waals surface area contributed by atoms with Gasteiger partial charge in [0.05, 0.1) is 0 Å². The summed E-state index contributed by atoms with van der Waals surface area (Å²) in [5.74, 6) is -0.345. The number of amides is 3. The van der Waals surface area contributed by atoms with Gasteiger partial charge in [-0.05, 0) is 12.8 Å². The van der Waals surface area contributed by atoms with E-state index in [4.69, 9.17) is 0 Å². The Morgan fingerprint density at radius 3 is 2.65 bits per heavy atom. The molecule has 1 aliphatic rings. The molecule has 96 valence electrons. The van der Waals surface area contributed by atoms with Crippen LogP contribution in [0.25, 0.3) is 0 Å². The Morgan fingerprint density at radius 1 is 1.35 bits per heavy atom. The zero-order valence-electron chi connectivity index (χ0n) is 10.3. The lowest BCUT2D eigenvalue weighted by atomic mass is 10.2. The van der Waals surface area contributed by atoms with E-state index in [1.165, 1.54) is 6.92 Å². The minimum atomic E-state index is -0.343. The number of hydrogen-bond acceptors (Lipinski definition) is 3. The second-order valence-corrected chi connectivity index (χ2v) is 4.09. The summed E-state index contributed by atoms with van der Waals surface area (Å²) in [5, 5.41) is 5.13. The molecule has 0 radical (unpaired) electrons. The van der Waals surface area contributed by atoms with Crippen molar-refractivity contribution in [2.45, 2.75) is 32.2 Å². The van der Waals surface area contributed by atoms with Gasteiger partial charge in [0, 0.05) is 33.5 Å². The summed E-state index contributed by atoms with van der Waals surface area (Å²) in [6, 6.07) is -0.343. The van der Waals surface area contributed by atoms with E-state index in [9.17, 15) is 14.4 Å². The highest BCUT2D eigenvalue weighted by Gasteiger charge is 2.32. The van der Waals surface area contributed by atoms with Crippen molar-refractivity contribution in [2.24, 2.45) is 0 Å². The Morgan fingerprint density at radius 2 is 2.06 bits per heavy atom. The number of carbonyl (C=O) groups is 3. The molecule has 3 amide bonds. The average molecular weight is 241 g/mol. The Hall–Kier alpha value is -1.59. The van der Waals surface area contributed by atoms with Crippen LogP contribution in [0, 0.1) is 0 Å². The first-order valence-corrected chi connectivity index (χ1v) is 5.81. The first-order valence-electron chi connectivity index (χ1n) is 5.81. The molecule has 1 atom stereocenters. The van der Waals surface area contributed by atoms with Gasteiger partial charge < -0.3 is 15.5 Å². The molecular formula is C11H19N3O3. The number of carbonyl (C=O) groups excluding carboxylic acids is 3. The van der Waals surface area contributed by atoms with E-state index in [1.54, 1.807) is 11.9 Å². The highest BCUT2D eigenvalue weighted by molar-refractivity contribution is 5.88. The average Bonchev–Trinajstić information content (AvgIpc) is 2.76. The fraction of sp³-hybridized carbons (Fsp3) is 0.727. The van der Waals surface area contributed by atoms with Crippen LogP contribution in [-0.2, 0) is 14.4 Å². The van der Waals surface area contributed by atoms with Gasteiger partial charge in [-0.1, -0.05) is 0 Å². The van der Waals surface area contributed by atoms with E-state index in [-0.39, 0.29) is 30.2 Å². The Balaban J connectivity index is 2.44. The molecule has 0 bridgehead atoms. The van der Waals surface area contributed by atoms with E-state index >= 15 is 0 Å². The van der Waals surface area contributed by atoms with Crippen LogP contribution in [0.5, 0.6) is 0 Å². The van der Waals surface area contributed by atoms with Gasteiger partial charge in [-0.25, -0.2) is 0 Å². The number of hydrogen-bond donors (Lipinski definition) is 2. The van der Waals surface area contributed by atoms with Crippen molar-refractivity contribution >= 4 is 17.7 Å². The van der Waals surface area contributed by atoms with E-state index in [2.05, 4.69) is 10.6 Å². The van der Waals surface area contributed by atoms with Gasteiger partial charge in [-0.2, -0.15) is 0 Å². The maximum atomic E-state index is 11.9. The molecule has 0 saturated carbocycles. The summed E-state index contributed by atoms with van der Waals surface area (Å²) in [5.41, 5.74) is 0. The third-order valence-electron chi connectivity index (χ3n) is 2.84. The van der Waals surface area contributed by atoms with Gasteiger partial charge in [0.15, 0.2) is 0 Å².